The molecule has 0 aliphatic heterocycles. The first kappa shape index (κ1) is 15.3. The summed E-state index contributed by atoms with van der Waals surface area (Å²) in [6, 6.07) is 3.16. The SMILES string of the molecule is CN(C)C(=O)c1ccc(NCCCS(N)(=O)=O)nn1. The summed E-state index contributed by atoms with van der Waals surface area (Å²) in [6.07, 6.45) is 0.374. The number of sulfonamides is 1. The number of nitrogens with one attached hydrogen (secondary N) is 1. The van der Waals surface area contributed by atoms with Gasteiger partial charge in [-0.15, -0.1) is 10.2 Å². The molecule has 0 aromatic carbocycles. The highest BCUT2D eigenvalue weighted by molar-refractivity contribution is 7.89. The van der Waals surface area contributed by atoms with E-state index in [1.807, 2.05) is 0 Å². The predicted molar refractivity (Wildman–Crippen MR) is 71.1 cm³/mol. The lowest BCUT2D eigenvalue weighted by atomic mass is 10.3. The van der Waals surface area contributed by atoms with E-state index in [1.54, 1.807) is 26.2 Å². The summed E-state index contributed by atoms with van der Waals surface area (Å²) in [5.74, 6) is 0.156. The summed E-state index contributed by atoms with van der Waals surface area (Å²) in [5.41, 5.74) is 0.250. The molecule has 0 atom stereocenters. The average Bonchev–Trinajstić information content (AvgIpc) is 2.33. The third-order valence-electron chi connectivity index (χ3n) is 2.20. The normalized spacial score (nSPS) is 11.1. The van der Waals surface area contributed by atoms with Crippen LogP contribution >= 0.6 is 0 Å². The zero-order valence-electron chi connectivity index (χ0n) is 10.8. The van der Waals surface area contributed by atoms with Gasteiger partial charge in [-0.3, -0.25) is 4.79 Å². The second-order valence-electron chi connectivity index (χ2n) is 4.15. The monoisotopic (exact) mass is 287 g/mol. The Balaban J connectivity index is 2.47. The van der Waals surface area contributed by atoms with Crippen LogP contribution in [0, 0.1) is 0 Å². The smallest absolute Gasteiger partial charge is 0.273 e. The molecule has 0 unspecified atom stereocenters. The Hall–Kier alpha value is -1.74. The molecule has 0 aliphatic carbocycles. The summed E-state index contributed by atoms with van der Waals surface area (Å²) in [6.45, 7) is 0.409. The van der Waals surface area contributed by atoms with Crippen LogP contribution in [0.15, 0.2) is 12.1 Å². The zero-order chi connectivity index (χ0) is 14.5. The van der Waals surface area contributed by atoms with Crippen molar-refractivity contribution >= 4 is 21.7 Å². The van der Waals surface area contributed by atoms with Crippen molar-refractivity contribution in [2.45, 2.75) is 6.42 Å². The predicted octanol–water partition coefficient (Wildman–Crippen LogP) is -0.731. The number of carbonyl (C=O) groups excluding carboxylic acids is 1. The minimum absolute atomic E-state index is 0.0926. The van der Waals surface area contributed by atoms with Crippen molar-refractivity contribution in [2.24, 2.45) is 5.14 Å². The molecule has 0 saturated carbocycles. The van der Waals surface area contributed by atoms with Gasteiger partial charge in [-0.1, -0.05) is 0 Å². The van der Waals surface area contributed by atoms with E-state index in [2.05, 4.69) is 15.5 Å². The van der Waals surface area contributed by atoms with Gasteiger partial charge in [0, 0.05) is 20.6 Å². The highest BCUT2D eigenvalue weighted by Crippen LogP contribution is 2.03. The average molecular weight is 287 g/mol. The Morgan fingerprint density at radius 2 is 2.05 bits per heavy atom. The first-order valence-electron chi connectivity index (χ1n) is 5.59. The van der Waals surface area contributed by atoms with Gasteiger partial charge in [0.25, 0.3) is 5.91 Å². The van der Waals surface area contributed by atoms with Gasteiger partial charge in [0.05, 0.1) is 5.75 Å². The molecule has 1 aromatic heterocycles. The number of primary sulfonamides is 1. The third kappa shape index (κ3) is 5.62. The first-order valence-corrected chi connectivity index (χ1v) is 7.31. The fourth-order valence-electron chi connectivity index (χ4n) is 1.26. The van der Waals surface area contributed by atoms with Crippen LogP contribution in [0.4, 0.5) is 5.82 Å². The van der Waals surface area contributed by atoms with Gasteiger partial charge < -0.3 is 10.2 Å². The Bertz CT molecular complexity index is 527. The summed E-state index contributed by atoms with van der Waals surface area (Å²) < 4.78 is 21.4. The third-order valence-corrected chi connectivity index (χ3v) is 3.06. The molecule has 0 bridgehead atoms. The van der Waals surface area contributed by atoms with E-state index in [0.29, 0.717) is 18.8 Å². The van der Waals surface area contributed by atoms with Gasteiger partial charge in [-0.05, 0) is 18.6 Å². The van der Waals surface area contributed by atoms with Crippen LogP contribution in [0.2, 0.25) is 0 Å². The highest BCUT2D eigenvalue weighted by atomic mass is 32.2. The maximum Gasteiger partial charge on any atom is 0.273 e. The van der Waals surface area contributed by atoms with Crippen molar-refractivity contribution in [1.82, 2.24) is 15.1 Å². The molecule has 1 rings (SSSR count). The van der Waals surface area contributed by atoms with Crippen molar-refractivity contribution < 1.29 is 13.2 Å². The zero-order valence-corrected chi connectivity index (χ0v) is 11.6. The number of anilines is 1. The van der Waals surface area contributed by atoms with E-state index < -0.39 is 10.0 Å². The lowest BCUT2D eigenvalue weighted by Gasteiger charge is -2.09. The van der Waals surface area contributed by atoms with Crippen LogP contribution in [0.5, 0.6) is 0 Å². The van der Waals surface area contributed by atoms with Crippen LogP contribution in [0.3, 0.4) is 0 Å². The molecule has 1 heterocycles. The molecular formula is C10H17N5O3S. The molecule has 0 fully saturated rings. The summed E-state index contributed by atoms with van der Waals surface area (Å²) in [7, 11) is -0.175. The van der Waals surface area contributed by atoms with Crippen molar-refractivity contribution in [1.29, 1.82) is 0 Å². The molecule has 9 heteroatoms. The van der Waals surface area contributed by atoms with Crippen molar-refractivity contribution in [3.63, 3.8) is 0 Å². The van der Waals surface area contributed by atoms with E-state index in [0.717, 1.165) is 0 Å². The molecule has 0 radical (unpaired) electrons. The molecule has 19 heavy (non-hydrogen) atoms. The number of carbonyl (C=O) groups is 1. The molecule has 0 spiro atoms. The molecule has 106 valence electrons. The lowest BCUT2D eigenvalue weighted by Crippen LogP contribution is -2.23. The first-order chi connectivity index (χ1) is 8.79. The van der Waals surface area contributed by atoms with E-state index in [9.17, 15) is 13.2 Å². The van der Waals surface area contributed by atoms with Gasteiger partial charge in [0.1, 0.15) is 5.82 Å². The minimum atomic E-state index is -3.43. The topological polar surface area (TPSA) is 118 Å². The molecule has 3 N–H and O–H groups in total. The van der Waals surface area contributed by atoms with Gasteiger partial charge in [-0.25, -0.2) is 13.6 Å². The second-order valence-corrected chi connectivity index (χ2v) is 5.88. The number of nitrogens with two attached hydrogens (primary N) is 1. The van der Waals surface area contributed by atoms with Crippen LogP contribution in [-0.4, -0.2) is 55.8 Å². The largest absolute Gasteiger partial charge is 0.369 e. The van der Waals surface area contributed by atoms with E-state index >= 15 is 0 Å². The lowest BCUT2D eigenvalue weighted by molar-refractivity contribution is 0.0821. The number of nitrogens with zero attached hydrogens (tertiary/aromatic N) is 3. The molecule has 0 saturated heterocycles. The van der Waals surface area contributed by atoms with Crippen LogP contribution < -0.4 is 10.5 Å². The van der Waals surface area contributed by atoms with E-state index in [4.69, 9.17) is 5.14 Å². The Morgan fingerprint density at radius 3 is 2.53 bits per heavy atom. The van der Waals surface area contributed by atoms with Crippen LogP contribution in [0.1, 0.15) is 16.9 Å². The van der Waals surface area contributed by atoms with E-state index in [-0.39, 0.29) is 17.4 Å². The van der Waals surface area contributed by atoms with Crippen LogP contribution in [-0.2, 0) is 10.0 Å². The van der Waals surface area contributed by atoms with Crippen molar-refractivity contribution in [2.75, 3.05) is 31.7 Å². The number of hydrogen-bond acceptors (Lipinski definition) is 6. The van der Waals surface area contributed by atoms with Gasteiger partial charge >= 0.3 is 0 Å². The van der Waals surface area contributed by atoms with E-state index in [1.165, 1.54) is 4.90 Å². The number of amides is 1. The molecule has 1 amide bonds. The van der Waals surface area contributed by atoms with Gasteiger partial charge in [0.15, 0.2) is 5.69 Å². The molecular weight excluding hydrogens is 270 g/mol. The van der Waals surface area contributed by atoms with Crippen LogP contribution in [0.25, 0.3) is 0 Å². The molecule has 0 aliphatic rings. The Labute approximate surface area is 112 Å². The van der Waals surface area contributed by atoms with Gasteiger partial charge in [0.2, 0.25) is 10.0 Å². The summed E-state index contributed by atoms with van der Waals surface area (Å²) in [5, 5.41) is 15.4. The maximum absolute atomic E-state index is 11.5. The molecule has 1 aromatic rings. The van der Waals surface area contributed by atoms with Gasteiger partial charge in [-0.2, -0.15) is 0 Å². The summed E-state index contributed by atoms with van der Waals surface area (Å²) >= 11 is 0. The second kappa shape index (κ2) is 6.43. The summed E-state index contributed by atoms with van der Waals surface area (Å²) in [4.78, 5) is 13.0. The Kier molecular flexibility index (Phi) is 5.19. The number of aromatic nitrogens is 2. The quantitative estimate of drug-likeness (QED) is 0.666. The highest BCUT2D eigenvalue weighted by Gasteiger charge is 2.09. The maximum atomic E-state index is 11.5. The van der Waals surface area contributed by atoms with Crippen molar-refractivity contribution in [3.05, 3.63) is 17.8 Å². The van der Waals surface area contributed by atoms with Crippen molar-refractivity contribution in [3.8, 4) is 0 Å². The standard InChI is InChI=1S/C10H17N5O3S/c1-15(2)10(16)8-4-5-9(14-13-8)12-6-3-7-19(11,17)18/h4-5H,3,6-7H2,1-2H3,(H,12,14)(H2,11,17,18). The Morgan fingerprint density at radius 1 is 1.37 bits per heavy atom. The molecule has 8 nitrogen and oxygen atoms in total. The minimum Gasteiger partial charge on any atom is -0.369 e. The number of hydrogen-bond donors (Lipinski definition) is 2. The number of rotatable bonds is 6. The fourth-order valence-corrected chi connectivity index (χ4v) is 1.81. The fraction of sp³-hybridized carbons (Fsp3) is 0.500.